The Morgan fingerprint density at radius 1 is 0.875 bits per heavy atom. The Morgan fingerprint density at radius 2 is 1.54 bits per heavy atom. The number of hydrogen-bond donors (Lipinski definition) is 0. The highest BCUT2D eigenvalue weighted by Crippen LogP contribution is 2.24. The second-order valence-electron chi connectivity index (χ2n) is 5.50. The van der Waals surface area contributed by atoms with Crippen molar-refractivity contribution < 1.29 is 14.0 Å². The van der Waals surface area contributed by atoms with Crippen LogP contribution in [0.4, 0.5) is 5.69 Å². The molecule has 0 N–H and O–H groups in total. The summed E-state index contributed by atoms with van der Waals surface area (Å²) in [5, 5.41) is 0. The van der Waals surface area contributed by atoms with Gasteiger partial charge in [0.25, 0.3) is 5.91 Å². The Morgan fingerprint density at radius 3 is 2.17 bits per heavy atom. The molecule has 0 aliphatic rings. The zero-order valence-electron chi connectivity index (χ0n) is 13.5. The number of para-hydroxylation sites is 1. The predicted octanol–water partition coefficient (Wildman–Crippen LogP) is 4.43. The molecule has 3 rings (SSSR count). The molecular formula is C20H17NO3. The number of anilines is 1. The summed E-state index contributed by atoms with van der Waals surface area (Å²) < 4.78 is 5.70. The first kappa shape index (κ1) is 15.7. The van der Waals surface area contributed by atoms with Crippen LogP contribution in [0.1, 0.15) is 27.8 Å². The molecule has 24 heavy (non-hydrogen) atoms. The summed E-state index contributed by atoms with van der Waals surface area (Å²) in [6.07, 6.45) is 0. The summed E-state index contributed by atoms with van der Waals surface area (Å²) >= 11 is 0. The van der Waals surface area contributed by atoms with E-state index in [9.17, 15) is 9.59 Å². The van der Waals surface area contributed by atoms with Gasteiger partial charge in [-0.1, -0.05) is 42.5 Å². The second-order valence-corrected chi connectivity index (χ2v) is 5.50. The van der Waals surface area contributed by atoms with E-state index in [1.165, 1.54) is 6.92 Å². The first-order valence-electron chi connectivity index (χ1n) is 7.60. The maximum absolute atomic E-state index is 12.5. The average molecular weight is 319 g/mol. The SMILES string of the molecule is CC(=O)c1ccc(-c2ccc(C(=O)N(C)c3ccccc3)o2)cc1. The van der Waals surface area contributed by atoms with Crippen LogP contribution in [0, 0.1) is 0 Å². The van der Waals surface area contributed by atoms with Gasteiger partial charge in [-0.3, -0.25) is 9.59 Å². The van der Waals surface area contributed by atoms with Crippen LogP contribution < -0.4 is 4.90 Å². The summed E-state index contributed by atoms with van der Waals surface area (Å²) in [5.74, 6) is 0.663. The van der Waals surface area contributed by atoms with Crippen LogP contribution in [0.5, 0.6) is 0 Å². The van der Waals surface area contributed by atoms with Crippen LogP contribution >= 0.6 is 0 Å². The average Bonchev–Trinajstić information content (AvgIpc) is 3.11. The van der Waals surface area contributed by atoms with E-state index in [-0.39, 0.29) is 17.5 Å². The number of amides is 1. The largest absolute Gasteiger partial charge is 0.451 e. The number of furan rings is 1. The van der Waals surface area contributed by atoms with Crippen molar-refractivity contribution in [3.05, 3.63) is 78.1 Å². The Labute approximate surface area is 140 Å². The summed E-state index contributed by atoms with van der Waals surface area (Å²) in [5.41, 5.74) is 2.26. The van der Waals surface area contributed by atoms with E-state index >= 15 is 0 Å². The minimum absolute atomic E-state index is 0.0151. The monoisotopic (exact) mass is 319 g/mol. The molecule has 1 amide bonds. The zero-order chi connectivity index (χ0) is 17.1. The lowest BCUT2D eigenvalue weighted by Crippen LogP contribution is -2.25. The van der Waals surface area contributed by atoms with Crippen molar-refractivity contribution in [2.45, 2.75) is 6.92 Å². The number of Topliss-reactive ketones (excluding diaryl/α,β-unsaturated/α-hetero) is 1. The lowest BCUT2D eigenvalue weighted by Gasteiger charge is -2.15. The minimum atomic E-state index is -0.215. The number of hydrogen-bond acceptors (Lipinski definition) is 3. The van der Waals surface area contributed by atoms with Crippen molar-refractivity contribution in [3.63, 3.8) is 0 Å². The van der Waals surface area contributed by atoms with Gasteiger partial charge >= 0.3 is 0 Å². The van der Waals surface area contributed by atoms with Crippen molar-refractivity contribution in [1.29, 1.82) is 0 Å². The van der Waals surface area contributed by atoms with Gasteiger partial charge in [0.05, 0.1) is 0 Å². The molecule has 0 atom stereocenters. The lowest BCUT2D eigenvalue weighted by atomic mass is 10.1. The number of rotatable bonds is 4. The third-order valence-corrected chi connectivity index (χ3v) is 3.84. The molecule has 0 aliphatic carbocycles. The summed E-state index contributed by atoms with van der Waals surface area (Å²) in [4.78, 5) is 25.4. The fourth-order valence-corrected chi connectivity index (χ4v) is 2.41. The van der Waals surface area contributed by atoms with Gasteiger partial charge in [-0.15, -0.1) is 0 Å². The Hall–Kier alpha value is -3.14. The topological polar surface area (TPSA) is 50.5 Å². The number of benzene rings is 2. The van der Waals surface area contributed by atoms with Crippen molar-refractivity contribution in [2.75, 3.05) is 11.9 Å². The van der Waals surface area contributed by atoms with Gasteiger partial charge < -0.3 is 9.32 Å². The highest BCUT2D eigenvalue weighted by molar-refractivity contribution is 6.04. The second kappa shape index (κ2) is 6.54. The van der Waals surface area contributed by atoms with Gasteiger partial charge in [-0.05, 0) is 31.2 Å². The lowest BCUT2D eigenvalue weighted by molar-refractivity contribution is 0.0966. The van der Waals surface area contributed by atoms with Crippen molar-refractivity contribution in [1.82, 2.24) is 0 Å². The number of ketones is 1. The van der Waals surface area contributed by atoms with E-state index in [0.29, 0.717) is 11.3 Å². The molecule has 0 fully saturated rings. The van der Waals surface area contributed by atoms with Crippen molar-refractivity contribution in [3.8, 4) is 11.3 Å². The van der Waals surface area contributed by atoms with Gasteiger partial charge in [-0.25, -0.2) is 0 Å². The maximum Gasteiger partial charge on any atom is 0.293 e. The maximum atomic E-state index is 12.5. The molecule has 4 heteroatoms. The molecule has 1 heterocycles. The Kier molecular flexibility index (Phi) is 4.29. The summed E-state index contributed by atoms with van der Waals surface area (Å²) in [7, 11) is 1.71. The van der Waals surface area contributed by atoms with Crippen molar-refractivity contribution in [2.24, 2.45) is 0 Å². The van der Waals surface area contributed by atoms with Crippen LogP contribution in [0.15, 0.2) is 71.1 Å². The van der Waals surface area contributed by atoms with Crippen molar-refractivity contribution >= 4 is 17.4 Å². The summed E-state index contributed by atoms with van der Waals surface area (Å²) in [6.45, 7) is 1.53. The van der Waals surface area contributed by atoms with E-state index in [1.54, 1.807) is 36.2 Å². The van der Waals surface area contributed by atoms with Crippen LogP contribution in [-0.4, -0.2) is 18.7 Å². The molecule has 0 saturated carbocycles. The first-order valence-corrected chi connectivity index (χ1v) is 7.60. The Bertz CT molecular complexity index is 863. The number of nitrogens with zero attached hydrogens (tertiary/aromatic N) is 1. The molecule has 0 unspecified atom stereocenters. The molecule has 2 aromatic carbocycles. The minimum Gasteiger partial charge on any atom is -0.451 e. The zero-order valence-corrected chi connectivity index (χ0v) is 13.5. The van der Waals surface area contributed by atoms with E-state index in [4.69, 9.17) is 4.42 Å². The fourth-order valence-electron chi connectivity index (χ4n) is 2.41. The van der Waals surface area contributed by atoms with E-state index in [2.05, 4.69) is 0 Å². The Balaban J connectivity index is 1.82. The third-order valence-electron chi connectivity index (χ3n) is 3.84. The molecule has 0 aliphatic heterocycles. The van der Waals surface area contributed by atoms with Crippen LogP contribution in [0.25, 0.3) is 11.3 Å². The molecule has 3 aromatic rings. The normalized spacial score (nSPS) is 10.4. The van der Waals surface area contributed by atoms with E-state index in [0.717, 1.165) is 11.3 Å². The van der Waals surface area contributed by atoms with Crippen LogP contribution in [0.2, 0.25) is 0 Å². The first-order chi connectivity index (χ1) is 11.6. The highest BCUT2D eigenvalue weighted by Gasteiger charge is 2.17. The summed E-state index contributed by atoms with van der Waals surface area (Å²) in [6, 6.07) is 19.9. The number of carbonyl (C=O) groups is 2. The van der Waals surface area contributed by atoms with Crippen LogP contribution in [-0.2, 0) is 0 Å². The van der Waals surface area contributed by atoms with E-state index in [1.807, 2.05) is 42.5 Å². The molecule has 0 radical (unpaired) electrons. The smallest absolute Gasteiger partial charge is 0.293 e. The molecule has 0 spiro atoms. The van der Waals surface area contributed by atoms with E-state index < -0.39 is 0 Å². The quantitative estimate of drug-likeness (QED) is 0.669. The molecule has 4 nitrogen and oxygen atoms in total. The van der Waals surface area contributed by atoms with Gasteiger partial charge in [0.2, 0.25) is 0 Å². The van der Waals surface area contributed by atoms with Gasteiger partial charge in [0, 0.05) is 23.9 Å². The fraction of sp³-hybridized carbons (Fsp3) is 0.100. The molecular weight excluding hydrogens is 302 g/mol. The predicted molar refractivity (Wildman–Crippen MR) is 93.3 cm³/mol. The highest BCUT2D eigenvalue weighted by atomic mass is 16.4. The standard InChI is InChI=1S/C20H17NO3/c1-14(22)15-8-10-16(11-9-15)18-12-13-19(24-18)20(23)21(2)17-6-4-3-5-7-17/h3-13H,1-2H3. The molecule has 1 aromatic heterocycles. The molecule has 120 valence electrons. The van der Waals surface area contributed by atoms with Gasteiger partial charge in [0.1, 0.15) is 5.76 Å². The number of carbonyl (C=O) groups excluding carboxylic acids is 2. The van der Waals surface area contributed by atoms with Gasteiger partial charge in [-0.2, -0.15) is 0 Å². The third kappa shape index (κ3) is 3.13. The molecule has 0 bridgehead atoms. The molecule has 0 saturated heterocycles. The van der Waals surface area contributed by atoms with Crippen LogP contribution in [0.3, 0.4) is 0 Å². The van der Waals surface area contributed by atoms with Gasteiger partial charge in [0.15, 0.2) is 11.5 Å².